The Kier molecular flexibility index (Phi) is 2.79. The van der Waals surface area contributed by atoms with Crippen molar-refractivity contribution in [2.75, 3.05) is 0 Å². The maximum atomic E-state index is 13.6. The molecule has 0 aliphatic heterocycles. The van der Waals surface area contributed by atoms with E-state index in [2.05, 4.69) is 0 Å². The smallest absolute Gasteiger partial charge is 0.167 e. The van der Waals surface area contributed by atoms with E-state index in [0.717, 1.165) is 12.1 Å². The number of phenolic OH excluding ortho intramolecular Hbond substituents is 1. The van der Waals surface area contributed by atoms with Gasteiger partial charge in [0.2, 0.25) is 0 Å². The van der Waals surface area contributed by atoms with Gasteiger partial charge in [0.05, 0.1) is 0 Å². The summed E-state index contributed by atoms with van der Waals surface area (Å²) in [6, 6.07) is 5.88. The van der Waals surface area contributed by atoms with Gasteiger partial charge in [0, 0.05) is 17.2 Å². The Morgan fingerprint density at radius 3 is 2.18 bits per heavy atom. The molecule has 0 radical (unpaired) electrons. The molecule has 0 aromatic heterocycles. The van der Waals surface area contributed by atoms with Crippen LogP contribution in [0.3, 0.4) is 0 Å². The molecule has 88 valence electrons. The van der Waals surface area contributed by atoms with E-state index in [1.807, 2.05) is 0 Å². The molecule has 17 heavy (non-hydrogen) atoms. The van der Waals surface area contributed by atoms with Crippen molar-refractivity contribution in [2.24, 2.45) is 0 Å². The molecule has 0 unspecified atom stereocenters. The summed E-state index contributed by atoms with van der Waals surface area (Å²) < 4.78 is 39.8. The molecule has 0 bridgehead atoms. The van der Waals surface area contributed by atoms with Gasteiger partial charge in [-0.3, -0.25) is 0 Å². The molecule has 0 atom stereocenters. The van der Waals surface area contributed by atoms with Crippen LogP contribution in [0.5, 0.6) is 5.75 Å². The second-order valence-corrected chi connectivity index (χ2v) is 3.72. The molecule has 0 fully saturated rings. The monoisotopic (exact) mass is 238 g/mol. The predicted octanol–water partition coefficient (Wildman–Crippen LogP) is 3.78. The maximum absolute atomic E-state index is 13.6. The molecule has 4 heteroatoms. The third kappa shape index (κ3) is 1.98. The quantitative estimate of drug-likeness (QED) is 0.801. The zero-order valence-corrected chi connectivity index (χ0v) is 8.97. The van der Waals surface area contributed by atoms with Crippen LogP contribution in [0.1, 0.15) is 5.56 Å². The summed E-state index contributed by atoms with van der Waals surface area (Å²) in [6.07, 6.45) is 0. The highest BCUT2D eigenvalue weighted by Gasteiger charge is 2.15. The van der Waals surface area contributed by atoms with E-state index in [-0.39, 0.29) is 16.7 Å². The molecule has 0 spiro atoms. The van der Waals surface area contributed by atoms with Gasteiger partial charge in [0.25, 0.3) is 0 Å². The Morgan fingerprint density at radius 2 is 1.53 bits per heavy atom. The number of aromatic hydroxyl groups is 1. The van der Waals surface area contributed by atoms with Crippen molar-refractivity contribution in [1.82, 2.24) is 0 Å². The molecule has 2 aromatic carbocycles. The number of phenols is 1. The van der Waals surface area contributed by atoms with Crippen molar-refractivity contribution in [2.45, 2.75) is 6.92 Å². The second-order valence-electron chi connectivity index (χ2n) is 3.72. The first-order chi connectivity index (χ1) is 8.00. The van der Waals surface area contributed by atoms with Gasteiger partial charge in [0.1, 0.15) is 11.6 Å². The molecule has 2 aromatic rings. The first kappa shape index (κ1) is 11.5. The van der Waals surface area contributed by atoms with Gasteiger partial charge in [-0.05, 0) is 24.6 Å². The van der Waals surface area contributed by atoms with Crippen LogP contribution in [0.2, 0.25) is 0 Å². The fraction of sp³-hybridized carbons (Fsp3) is 0.0769. The Balaban J connectivity index is 2.65. The van der Waals surface area contributed by atoms with E-state index >= 15 is 0 Å². The van der Waals surface area contributed by atoms with Crippen LogP contribution in [0.25, 0.3) is 11.1 Å². The summed E-state index contributed by atoms with van der Waals surface area (Å²) in [5.41, 5.74) is 0.140. The lowest BCUT2D eigenvalue weighted by Gasteiger charge is -2.08. The van der Waals surface area contributed by atoms with Crippen LogP contribution in [0.4, 0.5) is 13.2 Å². The van der Waals surface area contributed by atoms with Gasteiger partial charge in [0.15, 0.2) is 11.6 Å². The molecule has 2 rings (SSSR count). The standard InChI is InChI=1S/C13H9F3O/c1-7-2-4-10(13(16)12(7)15)9-5-3-8(14)6-11(9)17/h2-6,17H,1H3. The van der Waals surface area contributed by atoms with Gasteiger partial charge < -0.3 is 5.11 Å². The van der Waals surface area contributed by atoms with Crippen molar-refractivity contribution in [3.05, 3.63) is 53.3 Å². The molecule has 0 aliphatic carbocycles. The van der Waals surface area contributed by atoms with E-state index in [4.69, 9.17) is 0 Å². The minimum Gasteiger partial charge on any atom is -0.507 e. The number of rotatable bonds is 1. The lowest BCUT2D eigenvalue weighted by Crippen LogP contribution is -1.93. The van der Waals surface area contributed by atoms with E-state index in [1.165, 1.54) is 25.1 Å². The van der Waals surface area contributed by atoms with Crippen LogP contribution >= 0.6 is 0 Å². The van der Waals surface area contributed by atoms with Crippen LogP contribution < -0.4 is 0 Å². The van der Waals surface area contributed by atoms with Gasteiger partial charge in [-0.25, -0.2) is 13.2 Å². The first-order valence-corrected chi connectivity index (χ1v) is 4.94. The van der Waals surface area contributed by atoms with Crippen molar-refractivity contribution < 1.29 is 18.3 Å². The molecule has 1 nitrogen and oxygen atoms in total. The summed E-state index contributed by atoms with van der Waals surface area (Å²) in [7, 11) is 0. The van der Waals surface area contributed by atoms with Crippen molar-refractivity contribution in [3.8, 4) is 16.9 Å². The number of hydrogen-bond donors (Lipinski definition) is 1. The Morgan fingerprint density at radius 1 is 0.882 bits per heavy atom. The fourth-order valence-electron chi connectivity index (χ4n) is 1.59. The van der Waals surface area contributed by atoms with Crippen LogP contribution in [0.15, 0.2) is 30.3 Å². The molecular formula is C13H9F3O. The number of halogens is 3. The highest BCUT2D eigenvalue weighted by Crippen LogP contribution is 2.33. The normalized spacial score (nSPS) is 10.6. The summed E-state index contributed by atoms with van der Waals surface area (Å²) in [5.74, 6) is -3.08. The average molecular weight is 238 g/mol. The number of benzene rings is 2. The van der Waals surface area contributed by atoms with Gasteiger partial charge in [-0.15, -0.1) is 0 Å². The SMILES string of the molecule is Cc1ccc(-c2ccc(F)cc2O)c(F)c1F. The fourth-order valence-corrected chi connectivity index (χ4v) is 1.59. The van der Waals surface area contributed by atoms with Crippen molar-refractivity contribution >= 4 is 0 Å². The highest BCUT2D eigenvalue weighted by atomic mass is 19.2. The largest absolute Gasteiger partial charge is 0.507 e. The molecular weight excluding hydrogens is 229 g/mol. The average Bonchev–Trinajstić information content (AvgIpc) is 2.28. The van der Waals surface area contributed by atoms with Gasteiger partial charge in [-0.1, -0.05) is 12.1 Å². The lowest BCUT2D eigenvalue weighted by molar-refractivity contribution is 0.469. The molecule has 0 saturated carbocycles. The molecule has 0 amide bonds. The Labute approximate surface area is 96.1 Å². The zero-order chi connectivity index (χ0) is 12.6. The third-order valence-corrected chi connectivity index (χ3v) is 2.53. The molecule has 1 N–H and O–H groups in total. The van der Waals surface area contributed by atoms with E-state index in [0.29, 0.717) is 0 Å². The van der Waals surface area contributed by atoms with Crippen LogP contribution in [0, 0.1) is 24.4 Å². The van der Waals surface area contributed by atoms with Crippen molar-refractivity contribution in [3.63, 3.8) is 0 Å². The molecule has 0 saturated heterocycles. The summed E-state index contributed by atoms with van der Waals surface area (Å²) in [4.78, 5) is 0. The second kappa shape index (κ2) is 4.13. The Hall–Kier alpha value is -1.97. The minimum absolute atomic E-state index is 0.0581. The highest BCUT2D eigenvalue weighted by molar-refractivity contribution is 5.70. The molecule has 0 aliphatic rings. The minimum atomic E-state index is -1.05. The summed E-state index contributed by atoms with van der Waals surface area (Å²) in [6.45, 7) is 1.44. The van der Waals surface area contributed by atoms with E-state index in [1.54, 1.807) is 0 Å². The Bertz CT molecular complexity index is 579. The van der Waals surface area contributed by atoms with Crippen LogP contribution in [-0.2, 0) is 0 Å². The number of hydrogen-bond acceptors (Lipinski definition) is 1. The van der Waals surface area contributed by atoms with E-state index < -0.39 is 23.2 Å². The van der Waals surface area contributed by atoms with Gasteiger partial charge in [-0.2, -0.15) is 0 Å². The van der Waals surface area contributed by atoms with Crippen LogP contribution in [-0.4, -0.2) is 5.11 Å². The first-order valence-electron chi connectivity index (χ1n) is 4.94. The maximum Gasteiger partial charge on any atom is 0.167 e. The number of aryl methyl sites for hydroxylation is 1. The van der Waals surface area contributed by atoms with Crippen molar-refractivity contribution in [1.29, 1.82) is 0 Å². The molecule has 0 heterocycles. The lowest BCUT2D eigenvalue weighted by atomic mass is 10.0. The summed E-state index contributed by atoms with van der Waals surface area (Å²) >= 11 is 0. The summed E-state index contributed by atoms with van der Waals surface area (Å²) in [5, 5.41) is 9.50. The predicted molar refractivity (Wildman–Crippen MR) is 58.2 cm³/mol. The van der Waals surface area contributed by atoms with Gasteiger partial charge >= 0.3 is 0 Å². The third-order valence-electron chi connectivity index (χ3n) is 2.53. The topological polar surface area (TPSA) is 20.2 Å². The van der Waals surface area contributed by atoms with E-state index in [9.17, 15) is 18.3 Å². The zero-order valence-electron chi connectivity index (χ0n) is 8.97.